The zero-order valence-corrected chi connectivity index (χ0v) is 14.4. The van der Waals surface area contributed by atoms with Crippen LogP contribution in [-0.4, -0.2) is 49.7 Å². The Bertz CT molecular complexity index is 746. The second-order valence-corrected chi connectivity index (χ2v) is 8.25. The van der Waals surface area contributed by atoms with Crippen LogP contribution in [0.4, 0.5) is 0 Å². The van der Waals surface area contributed by atoms with Gasteiger partial charge in [0.2, 0.25) is 21.8 Å². The normalized spacial score (nSPS) is 22.0. The molecule has 7 nitrogen and oxygen atoms in total. The number of nitrogens with one attached hydrogen (secondary N) is 2. The Kier molecular flexibility index (Phi) is 4.80. The summed E-state index contributed by atoms with van der Waals surface area (Å²) in [6, 6.07) is 4.86. The number of halogens is 1. The van der Waals surface area contributed by atoms with E-state index in [4.69, 9.17) is 11.6 Å². The quantitative estimate of drug-likeness (QED) is 0.787. The molecule has 3 rings (SSSR count). The van der Waals surface area contributed by atoms with E-state index in [-0.39, 0.29) is 36.4 Å². The van der Waals surface area contributed by atoms with Crippen molar-refractivity contribution in [3.8, 4) is 0 Å². The van der Waals surface area contributed by atoms with Crippen LogP contribution in [0.15, 0.2) is 29.2 Å². The van der Waals surface area contributed by atoms with E-state index in [1.165, 1.54) is 24.3 Å². The maximum absolute atomic E-state index is 12.8. The first-order valence-corrected chi connectivity index (χ1v) is 9.54. The molecule has 2 fully saturated rings. The van der Waals surface area contributed by atoms with Crippen LogP contribution in [0.5, 0.6) is 0 Å². The summed E-state index contributed by atoms with van der Waals surface area (Å²) in [6.07, 6.45) is 1.67. The molecular weight excluding hydrogens is 354 g/mol. The first-order chi connectivity index (χ1) is 11.4. The number of hydrogen-bond donors (Lipinski definition) is 2. The molecule has 2 amide bonds. The van der Waals surface area contributed by atoms with Gasteiger partial charge in [-0.15, -0.1) is 0 Å². The SMILES string of the molecule is O=C(CC1C(=O)NCCN1S(=O)(=O)c1ccc(Cl)cc1)NC1CC1. The minimum Gasteiger partial charge on any atom is -0.353 e. The van der Waals surface area contributed by atoms with E-state index in [1.807, 2.05) is 0 Å². The van der Waals surface area contributed by atoms with Crippen LogP contribution in [0.3, 0.4) is 0 Å². The van der Waals surface area contributed by atoms with E-state index in [2.05, 4.69) is 10.6 Å². The van der Waals surface area contributed by atoms with E-state index < -0.39 is 22.0 Å². The number of rotatable bonds is 5. The highest BCUT2D eigenvalue weighted by Gasteiger charge is 2.40. The molecule has 1 heterocycles. The lowest BCUT2D eigenvalue weighted by Crippen LogP contribution is -2.58. The lowest BCUT2D eigenvalue weighted by molar-refractivity contribution is -0.131. The highest BCUT2D eigenvalue weighted by Crippen LogP contribution is 2.24. The molecule has 0 aromatic heterocycles. The number of piperazine rings is 1. The van der Waals surface area contributed by atoms with Crippen molar-refractivity contribution in [3.63, 3.8) is 0 Å². The Hall–Kier alpha value is -1.64. The number of carbonyl (C=O) groups is 2. The molecule has 2 aliphatic rings. The minimum absolute atomic E-state index is 0.0502. The van der Waals surface area contributed by atoms with Crippen molar-refractivity contribution in [2.45, 2.75) is 36.2 Å². The van der Waals surface area contributed by atoms with Crippen LogP contribution in [-0.2, 0) is 19.6 Å². The third-order valence-corrected chi connectivity index (χ3v) is 6.20. The van der Waals surface area contributed by atoms with Crippen LogP contribution >= 0.6 is 11.6 Å². The lowest BCUT2D eigenvalue weighted by Gasteiger charge is -2.33. The van der Waals surface area contributed by atoms with Gasteiger partial charge in [-0.1, -0.05) is 11.6 Å². The number of carbonyl (C=O) groups excluding carboxylic acids is 2. The summed E-state index contributed by atoms with van der Waals surface area (Å²) in [7, 11) is -3.89. The molecule has 0 spiro atoms. The number of nitrogens with zero attached hydrogens (tertiary/aromatic N) is 1. The second-order valence-electron chi connectivity index (χ2n) is 5.92. The van der Waals surface area contributed by atoms with Gasteiger partial charge in [-0.3, -0.25) is 9.59 Å². The molecule has 24 heavy (non-hydrogen) atoms. The number of hydrogen-bond acceptors (Lipinski definition) is 4. The minimum atomic E-state index is -3.89. The van der Waals surface area contributed by atoms with Gasteiger partial charge in [-0.05, 0) is 37.1 Å². The van der Waals surface area contributed by atoms with Gasteiger partial charge in [0.1, 0.15) is 6.04 Å². The summed E-state index contributed by atoms with van der Waals surface area (Å²) >= 11 is 5.80. The highest BCUT2D eigenvalue weighted by atomic mass is 35.5. The van der Waals surface area contributed by atoms with Gasteiger partial charge in [0.25, 0.3) is 0 Å². The average molecular weight is 372 g/mol. The topological polar surface area (TPSA) is 95.6 Å². The standard InChI is InChI=1S/C15H18ClN3O4S/c16-10-1-5-12(6-2-10)24(22,23)19-8-7-17-15(21)13(19)9-14(20)18-11-3-4-11/h1-2,5-6,11,13H,3-4,7-9H2,(H,17,21)(H,18,20). The smallest absolute Gasteiger partial charge is 0.243 e. The Morgan fingerprint density at radius 3 is 2.58 bits per heavy atom. The highest BCUT2D eigenvalue weighted by molar-refractivity contribution is 7.89. The first kappa shape index (κ1) is 17.2. The molecule has 1 aliphatic carbocycles. The van der Waals surface area contributed by atoms with Crippen LogP contribution in [0.1, 0.15) is 19.3 Å². The van der Waals surface area contributed by atoms with Gasteiger partial charge in [-0.25, -0.2) is 8.42 Å². The van der Waals surface area contributed by atoms with Crippen molar-refractivity contribution >= 4 is 33.4 Å². The zero-order chi connectivity index (χ0) is 17.3. The summed E-state index contributed by atoms with van der Waals surface area (Å²) in [5.41, 5.74) is 0. The van der Waals surface area contributed by atoms with Gasteiger partial charge in [0.05, 0.1) is 11.3 Å². The molecule has 1 saturated heterocycles. The molecule has 0 bridgehead atoms. The summed E-state index contributed by atoms with van der Waals surface area (Å²) in [6.45, 7) is 0.338. The van der Waals surface area contributed by atoms with E-state index in [1.54, 1.807) is 0 Å². The van der Waals surface area contributed by atoms with Crippen LogP contribution in [0.25, 0.3) is 0 Å². The summed E-state index contributed by atoms with van der Waals surface area (Å²) in [5.74, 6) is -0.763. The largest absolute Gasteiger partial charge is 0.353 e. The van der Waals surface area contributed by atoms with Crippen molar-refractivity contribution in [2.75, 3.05) is 13.1 Å². The van der Waals surface area contributed by atoms with Crippen LogP contribution in [0.2, 0.25) is 5.02 Å². The fourth-order valence-electron chi connectivity index (χ4n) is 2.61. The molecule has 0 radical (unpaired) electrons. The predicted octanol–water partition coefficient (Wildman–Crippen LogP) is 0.498. The molecule has 1 aromatic carbocycles. The van der Waals surface area contributed by atoms with Gasteiger partial charge in [0, 0.05) is 24.2 Å². The maximum atomic E-state index is 12.8. The molecule has 1 saturated carbocycles. The molecule has 2 N–H and O–H groups in total. The molecule has 130 valence electrons. The van der Waals surface area contributed by atoms with Gasteiger partial charge < -0.3 is 10.6 Å². The van der Waals surface area contributed by atoms with Crippen molar-refractivity contribution in [1.82, 2.24) is 14.9 Å². The van der Waals surface area contributed by atoms with Gasteiger partial charge >= 0.3 is 0 Å². The fraction of sp³-hybridized carbons (Fsp3) is 0.467. The van der Waals surface area contributed by atoms with E-state index in [0.29, 0.717) is 5.02 Å². The molecule has 1 unspecified atom stereocenters. The van der Waals surface area contributed by atoms with Crippen LogP contribution < -0.4 is 10.6 Å². The average Bonchev–Trinajstić information content (AvgIpc) is 3.33. The van der Waals surface area contributed by atoms with Crippen molar-refractivity contribution in [1.29, 1.82) is 0 Å². The molecule has 1 aliphatic heterocycles. The predicted molar refractivity (Wildman–Crippen MR) is 87.9 cm³/mol. The van der Waals surface area contributed by atoms with E-state index in [0.717, 1.165) is 17.1 Å². The maximum Gasteiger partial charge on any atom is 0.243 e. The first-order valence-electron chi connectivity index (χ1n) is 7.72. The van der Waals surface area contributed by atoms with Crippen LogP contribution in [0, 0.1) is 0 Å². The van der Waals surface area contributed by atoms with E-state index in [9.17, 15) is 18.0 Å². The third-order valence-electron chi connectivity index (χ3n) is 4.02. The summed E-state index contributed by atoms with van der Waals surface area (Å²) < 4.78 is 26.8. The monoisotopic (exact) mass is 371 g/mol. The Labute approximate surface area is 145 Å². The molecular formula is C15H18ClN3O4S. The fourth-order valence-corrected chi connectivity index (χ4v) is 4.32. The zero-order valence-electron chi connectivity index (χ0n) is 12.9. The molecule has 1 aromatic rings. The van der Waals surface area contributed by atoms with Crippen molar-refractivity contribution in [3.05, 3.63) is 29.3 Å². The van der Waals surface area contributed by atoms with Crippen molar-refractivity contribution < 1.29 is 18.0 Å². The number of benzene rings is 1. The third kappa shape index (κ3) is 3.71. The summed E-state index contributed by atoms with van der Waals surface area (Å²) in [4.78, 5) is 24.2. The van der Waals surface area contributed by atoms with E-state index >= 15 is 0 Å². The Balaban J connectivity index is 1.83. The summed E-state index contributed by atoms with van der Waals surface area (Å²) in [5, 5.41) is 5.83. The molecule has 9 heteroatoms. The van der Waals surface area contributed by atoms with Crippen molar-refractivity contribution in [2.24, 2.45) is 0 Å². The van der Waals surface area contributed by atoms with Gasteiger partial charge in [0.15, 0.2) is 0 Å². The second kappa shape index (κ2) is 6.70. The Morgan fingerprint density at radius 1 is 1.29 bits per heavy atom. The van der Waals surface area contributed by atoms with Gasteiger partial charge in [-0.2, -0.15) is 4.31 Å². The number of sulfonamides is 1. The lowest BCUT2D eigenvalue weighted by atomic mass is 10.1. The number of amides is 2. The molecule has 1 atom stereocenters. The Morgan fingerprint density at radius 2 is 1.96 bits per heavy atom.